The van der Waals surface area contributed by atoms with Crippen molar-refractivity contribution in [2.45, 2.75) is 63.8 Å². The topological polar surface area (TPSA) is 63.4 Å². The maximum atomic E-state index is 12.2. The van der Waals surface area contributed by atoms with Crippen LogP contribution in [-0.2, 0) is 9.59 Å². The third-order valence-corrected chi connectivity index (χ3v) is 4.58. The zero-order valence-electron chi connectivity index (χ0n) is 11.5. The highest BCUT2D eigenvalue weighted by Crippen LogP contribution is 2.28. The molecule has 0 aromatic heterocycles. The van der Waals surface area contributed by atoms with E-state index < -0.39 is 0 Å². The van der Waals surface area contributed by atoms with Crippen LogP contribution in [0, 0.1) is 0 Å². The fraction of sp³-hybridized carbons (Fsp3) is 0.846. The zero-order chi connectivity index (χ0) is 13.7. The lowest BCUT2D eigenvalue weighted by atomic mass is 10.1. The number of carbonyl (C=O) groups excluding carboxylic acids is 2. The molecule has 1 heterocycles. The Morgan fingerprint density at radius 2 is 2.00 bits per heavy atom. The Kier molecular flexibility index (Phi) is 6.15. The number of nitrogens with zero attached hydrogens (tertiary/aromatic N) is 1. The second-order valence-corrected chi connectivity index (χ2v) is 6.21. The molecule has 0 saturated carbocycles. The van der Waals surface area contributed by atoms with Crippen LogP contribution in [0.3, 0.4) is 0 Å². The number of likely N-dealkylation sites (tertiary alicyclic amines) is 1. The molecular weight excluding hydrogens is 248 g/mol. The first-order valence-corrected chi connectivity index (χ1v) is 7.79. The number of thioether (sulfide) groups is 1. The van der Waals surface area contributed by atoms with Gasteiger partial charge in [-0.25, -0.2) is 0 Å². The van der Waals surface area contributed by atoms with Gasteiger partial charge in [0.25, 0.3) is 0 Å². The highest BCUT2D eigenvalue weighted by Gasteiger charge is 2.41. The maximum Gasteiger partial charge on any atom is 0.243 e. The zero-order valence-corrected chi connectivity index (χ0v) is 12.3. The molecule has 0 spiro atoms. The molecule has 1 rings (SSSR count). The molecule has 104 valence electrons. The summed E-state index contributed by atoms with van der Waals surface area (Å²) in [6.07, 6.45) is 2.92. The third-order valence-electron chi connectivity index (χ3n) is 3.34. The molecule has 2 unspecified atom stereocenters. The number of hydrogen-bond donors (Lipinski definition) is 1. The van der Waals surface area contributed by atoms with Gasteiger partial charge in [0.2, 0.25) is 11.8 Å². The molecule has 5 heteroatoms. The van der Waals surface area contributed by atoms with E-state index in [0.29, 0.717) is 6.42 Å². The fourth-order valence-corrected chi connectivity index (χ4v) is 3.50. The second-order valence-electron chi connectivity index (χ2n) is 4.90. The summed E-state index contributed by atoms with van der Waals surface area (Å²) in [7, 11) is 0. The molecule has 18 heavy (non-hydrogen) atoms. The summed E-state index contributed by atoms with van der Waals surface area (Å²) in [5, 5.41) is -0.183. The van der Waals surface area contributed by atoms with Crippen LogP contribution in [0.15, 0.2) is 0 Å². The van der Waals surface area contributed by atoms with Crippen LogP contribution < -0.4 is 5.73 Å². The van der Waals surface area contributed by atoms with Crippen molar-refractivity contribution in [1.82, 2.24) is 4.90 Å². The van der Waals surface area contributed by atoms with Crippen molar-refractivity contribution in [2.24, 2.45) is 5.73 Å². The molecule has 0 aliphatic carbocycles. The average Bonchev–Trinajstić information content (AvgIpc) is 2.58. The van der Waals surface area contributed by atoms with Crippen LogP contribution >= 0.6 is 11.8 Å². The molecule has 2 N–H and O–H groups in total. The van der Waals surface area contributed by atoms with Gasteiger partial charge in [0, 0.05) is 18.5 Å². The first-order valence-electron chi connectivity index (χ1n) is 6.74. The van der Waals surface area contributed by atoms with Gasteiger partial charge >= 0.3 is 0 Å². The van der Waals surface area contributed by atoms with Gasteiger partial charge in [0.05, 0.1) is 5.25 Å². The maximum absolute atomic E-state index is 12.2. The first-order chi connectivity index (χ1) is 8.51. The van der Waals surface area contributed by atoms with Crippen LogP contribution in [0.4, 0.5) is 0 Å². The van der Waals surface area contributed by atoms with Crippen molar-refractivity contribution in [3.8, 4) is 0 Å². The van der Waals surface area contributed by atoms with Crippen LogP contribution in [0.5, 0.6) is 0 Å². The van der Waals surface area contributed by atoms with Crippen molar-refractivity contribution in [1.29, 1.82) is 0 Å². The minimum Gasteiger partial charge on any atom is -0.328 e. The standard InChI is InChI=1S/C13H24N2O2S/c1-4-10(5-2)15-12(16)8-11(13(15)17)18-7-6-9(3)14/h9-11H,4-8,14H2,1-3H3. The molecule has 4 nitrogen and oxygen atoms in total. The Hall–Kier alpha value is -0.550. The van der Waals surface area contributed by atoms with Gasteiger partial charge in [0.1, 0.15) is 0 Å². The molecule has 1 aliphatic heterocycles. The van der Waals surface area contributed by atoms with Crippen LogP contribution in [0.2, 0.25) is 0 Å². The van der Waals surface area contributed by atoms with Gasteiger partial charge in [-0.1, -0.05) is 13.8 Å². The fourth-order valence-electron chi connectivity index (χ4n) is 2.19. The van der Waals surface area contributed by atoms with E-state index in [2.05, 4.69) is 0 Å². The molecule has 2 atom stereocenters. The van der Waals surface area contributed by atoms with E-state index in [1.165, 1.54) is 4.90 Å². The lowest BCUT2D eigenvalue weighted by Gasteiger charge is -2.24. The monoisotopic (exact) mass is 272 g/mol. The minimum absolute atomic E-state index is 0.00312. The van der Waals surface area contributed by atoms with Gasteiger partial charge in [-0.05, 0) is 31.9 Å². The Morgan fingerprint density at radius 3 is 2.50 bits per heavy atom. The summed E-state index contributed by atoms with van der Waals surface area (Å²) in [5.41, 5.74) is 5.68. The molecule has 1 fully saturated rings. The van der Waals surface area contributed by atoms with Crippen molar-refractivity contribution < 1.29 is 9.59 Å². The number of imide groups is 1. The van der Waals surface area contributed by atoms with Crippen LogP contribution in [-0.4, -0.2) is 39.8 Å². The smallest absolute Gasteiger partial charge is 0.243 e. The molecular formula is C13H24N2O2S. The largest absolute Gasteiger partial charge is 0.328 e. The van der Waals surface area contributed by atoms with E-state index in [4.69, 9.17) is 5.73 Å². The Morgan fingerprint density at radius 1 is 1.39 bits per heavy atom. The number of amides is 2. The SMILES string of the molecule is CCC(CC)N1C(=O)CC(SCCC(C)N)C1=O. The molecule has 1 saturated heterocycles. The van der Waals surface area contributed by atoms with Gasteiger partial charge in [-0.2, -0.15) is 0 Å². The summed E-state index contributed by atoms with van der Waals surface area (Å²) < 4.78 is 0. The lowest BCUT2D eigenvalue weighted by molar-refractivity contribution is -0.141. The van der Waals surface area contributed by atoms with Crippen molar-refractivity contribution >= 4 is 23.6 Å². The molecule has 2 amide bonds. The van der Waals surface area contributed by atoms with E-state index in [9.17, 15) is 9.59 Å². The second kappa shape index (κ2) is 7.14. The van der Waals surface area contributed by atoms with Gasteiger partial charge in [-0.3, -0.25) is 14.5 Å². The Bertz CT molecular complexity index is 303. The van der Waals surface area contributed by atoms with Crippen LogP contribution in [0.1, 0.15) is 46.5 Å². The summed E-state index contributed by atoms with van der Waals surface area (Å²) in [5.74, 6) is 0.841. The van der Waals surface area contributed by atoms with Crippen molar-refractivity contribution in [3.63, 3.8) is 0 Å². The van der Waals surface area contributed by atoms with Gasteiger partial charge < -0.3 is 5.73 Å². The minimum atomic E-state index is -0.183. The van der Waals surface area contributed by atoms with Gasteiger partial charge in [0.15, 0.2) is 0 Å². The molecule has 0 aromatic rings. The number of hydrogen-bond acceptors (Lipinski definition) is 4. The predicted octanol–water partition coefficient (Wildman–Crippen LogP) is 1.77. The van der Waals surface area contributed by atoms with E-state index >= 15 is 0 Å². The normalized spacial score (nSPS) is 22.1. The van der Waals surface area contributed by atoms with E-state index in [-0.39, 0.29) is 29.1 Å². The molecule has 1 aliphatic rings. The van der Waals surface area contributed by atoms with Crippen LogP contribution in [0.25, 0.3) is 0 Å². The molecule has 0 radical (unpaired) electrons. The van der Waals surface area contributed by atoms with E-state index in [1.54, 1.807) is 11.8 Å². The number of nitrogens with two attached hydrogens (primary N) is 1. The summed E-state index contributed by atoms with van der Waals surface area (Å²) in [6.45, 7) is 6.00. The highest BCUT2D eigenvalue weighted by molar-refractivity contribution is 8.00. The Balaban J connectivity index is 2.55. The average molecular weight is 272 g/mol. The predicted molar refractivity (Wildman–Crippen MR) is 75.4 cm³/mol. The first kappa shape index (κ1) is 15.5. The quantitative estimate of drug-likeness (QED) is 0.717. The summed E-state index contributed by atoms with van der Waals surface area (Å²) >= 11 is 1.57. The van der Waals surface area contributed by atoms with Gasteiger partial charge in [-0.15, -0.1) is 11.8 Å². The van der Waals surface area contributed by atoms with E-state index in [0.717, 1.165) is 25.0 Å². The summed E-state index contributed by atoms with van der Waals surface area (Å²) in [4.78, 5) is 25.6. The van der Waals surface area contributed by atoms with Crippen molar-refractivity contribution in [2.75, 3.05) is 5.75 Å². The molecule has 0 aromatic carbocycles. The van der Waals surface area contributed by atoms with Crippen molar-refractivity contribution in [3.05, 3.63) is 0 Å². The third kappa shape index (κ3) is 3.72. The molecule has 0 bridgehead atoms. The Labute approximate surface area is 114 Å². The number of rotatable bonds is 7. The summed E-state index contributed by atoms with van der Waals surface area (Å²) in [6, 6.07) is 0.226. The van der Waals surface area contributed by atoms with E-state index in [1.807, 2.05) is 20.8 Å². The lowest BCUT2D eigenvalue weighted by Crippen LogP contribution is -2.40. The number of carbonyl (C=O) groups is 2. The highest BCUT2D eigenvalue weighted by atomic mass is 32.2.